The van der Waals surface area contributed by atoms with Gasteiger partial charge in [-0.05, 0) is 6.92 Å². The minimum absolute atomic E-state index is 0. The fraction of sp³-hybridized carbons (Fsp3) is 0.0909. The summed E-state index contributed by atoms with van der Waals surface area (Å²) in [5.41, 5.74) is 5.95. The number of fused-ring (bicyclic) bond motifs is 1. The smallest absolute Gasteiger partial charge is 0.744 e. The molecule has 0 radical (unpaired) electrons. The van der Waals surface area contributed by atoms with Gasteiger partial charge in [0.2, 0.25) is 0 Å². The monoisotopic (exact) mass is 377 g/mol. The molecule has 8 nitrogen and oxygen atoms in total. The Hall–Kier alpha value is -0.170. The first-order valence-electron chi connectivity index (χ1n) is 5.20. The molecule has 3 N–H and O–H groups in total. The molecule has 2 aromatic carbocycles. The molecule has 0 aliphatic carbocycles. The van der Waals surface area contributed by atoms with Gasteiger partial charge in [0, 0.05) is 10.5 Å². The Labute approximate surface area is 178 Å². The van der Waals surface area contributed by atoms with E-state index in [1.165, 1.54) is 25.1 Å². The van der Waals surface area contributed by atoms with E-state index < -0.39 is 25.6 Å². The van der Waals surface area contributed by atoms with Crippen molar-refractivity contribution < 1.29 is 89.8 Å². The van der Waals surface area contributed by atoms with Crippen LogP contribution in [0.4, 0.5) is 5.69 Å². The van der Waals surface area contributed by atoms with Crippen LogP contribution >= 0.6 is 0 Å². The second-order valence-corrected chi connectivity index (χ2v) is 5.64. The number of aromatic hydroxyl groups is 1. The molecule has 0 spiro atoms. The molecule has 0 bridgehead atoms. The van der Waals surface area contributed by atoms with Gasteiger partial charge in [-0.25, -0.2) is 8.42 Å². The van der Waals surface area contributed by atoms with E-state index in [1.807, 2.05) is 0 Å². The zero-order chi connectivity index (χ0) is 16.4. The van der Waals surface area contributed by atoms with Crippen molar-refractivity contribution in [1.82, 2.24) is 0 Å². The largest absolute Gasteiger partial charge is 1.00 e. The zero-order valence-corrected chi connectivity index (χ0v) is 18.2. The molecule has 2 rings (SSSR count). The normalized spacial score (nSPS) is 9.83. The van der Waals surface area contributed by atoms with E-state index in [2.05, 4.69) is 6.07 Å². The summed E-state index contributed by atoms with van der Waals surface area (Å²) >= 11 is 0. The van der Waals surface area contributed by atoms with Gasteiger partial charge in [0.15, 0.2) is 0 Å². The average molecular weight is 377 g/mol. The van der Waals surface area contributed by atoms with Gasteiger partial charge in [0.1, 0.15) is 15.9 Å². The van der Waals surface area contributed by atoms with Crippen LogP contribution in [0, 0.1) is 13.0 Å². The van der Waals surface area contributed by atoms with E-state index in [-0.39, 0.29) is 76.1 Å². The summed E-state index contributed by atoms with van der Waals surface area (Å²) in [7, 11) is -7.74. The first-order valence-corrected chi connectivity index (χ1v) is 7.61. The molecule has 23 heavy (non-hydrogen) atoms. The Morgan fingerprint density at radius 3 is 2.13 bits per heavy atom. The molecule has 0 heterocycles. The van der Waals surface area contributed by atoms with E-state index >= 15 is 0 Å². The van der Waals surface area contributed by atoms with E-state index in [0.717, 1.165) is 0 Å². The summed E-state index contributed by atoms with van der Waals surface area (Å²) in [5, 5.41) is 10.6. The molecule has 0 fully saturated rings. The second kappa shape index (κ2) is 9.97. The van der Waals surface area contributed by atoms with E-state index in [1.54, 1.807) is 0 Å². The van der Waals surface area contributed by atoms with Gasteiger partial charge < -0.3 is 15.4 Å². The molecule has 0 aromatic heterocycles. The fourth-order valence-electron chi connectivity index (χ4n) is 1.73. The Morgan fingerprint density at radius 1 is 1.22 bits per heavy atom. The fourth-order valence-corrected chi connectivity index (χ4v) is 2.48. The van der Waals surface area contributed by atoms with Gasteiger partial charge in [-0.3, -0.25) is 0 Å². The van der Waals surface area contributed by atoms with Crippen molar-refractivity contribution in [2.75, 3.05) is 5.73 Å². The molecule has 0 saturated heterocycles. The number of phenols is 1. The van der Waals surface area contributed by atoms with Gasteiger partial charge in [0.05, 0.1) is 0 Å². The van der Waals surface area contributed by atoms with Crippen LogP contribution in [0.15, 0.2) is 23.1 Å². The van der Waals surface area contributed by atoms with Crippen LogP contribution in [0.2, 0.25) is 0 Å². The Balaban J connectivity index is 0. The third kappa shape index (κ3) is 6.69. The first-order chi connectivity index (χ1) is 9.55. The summed E-state index contributed by atoms with van der Waals surface area (Å²) in [4.78, 5) is -0.443. The van der Waals surface area contributed by atoms with E-state index in [9.17, 15) is 18.1 Å². The Bertz CT molecular complexity index is 905. The number of hydrogen-bond acceptors (Lipinski definition) is 8. The summed E-state index contributed by atoms with van der Waals surface area (Å²) < 4.78 is 58.4. The van der Waals surface area contributed by atoms with Crippen LogP contribution in [0.25, 0.3) is 10.8 Å². The Morgan fingerprint density at radius 2 is 1.70 bits per heavy atom. The molecular formula is C11H9NNa2O7S2. The SMILES string of the molecule is Cc1c(S(=O)(=O)[O-])cc2c[c-]cc(N)c2c1O.O=S(=O)=O.[Na+].[Na+]. The Kier molecular flexibility index (Phi) is 10.9. The van der Waals surface area contributed by atoms with Gasteiger partial charge in [-0.1, -0.05) is 17.1 Å². The van der Waals surface area contributed by atoms with Crippen LogP contribution in [0.3, 0.4) is 0 Å². The maximum absolute atomic E-state index is 11.0. The topological polar surface area (TPSA) is 155 Å². The number of phenolic OH excluding ortho intramolecular Hbond substituents is 1. The quantitative estimate of drug-likeness (QED) is 0.215. The van der Waals surface area contributed by atoms with Crippen LogP contribution in [-0.4, -0.2) is 30.7 Å². The predicted molar refractivity (Wildman–Crippen MR) is 71.3 cm³/mol. The van der Waals surface area contributed by atoms with Crippen molar-refractivity contribution in [3.63, 3.8) is 0 Å². The van der Waals surface area contributed by atoms with Crippen molar-refractivity contribution in [1.29, 1.82) is 0 Å². The van der Waals surface area contributed by atoms with E-state index in [4.69, 9.17) is 18.4 Å². The van der Waals surface area contributed by atoms with Crippen molar-refractivity contribution in [3.05, 3.63) is 29.8 Å². The minimum Gasteiger partial charge on any atom is -0.744 e. The van der Waals surface area contributed by atoms with Crippen LogP contribution < -0.4 is 64.8 Å². The standard InChI is InChI=1S/C11H10NO4S.2Na.O3S/c1-6-9(17(14,15)16)5-7-3-2-4-8(12)10(7)11(6)13;;;1-4(2)3/h3-5,13H,12H2,1H3,(H,14,15,16);;;/q-1;2*+1;/p-1. The third-order valence-electron chi connectivity index (χ3n) is 2.57. The maximum atomic E-state index is 11.0. The number of nitrogens with two attached hydrogens (primary N) is 1. The van der Waals surface area contributed by atoms with Crippen LogP contribution in [-0.2, 0) is 20.7 Å². The van der Waals surface area contributed by atoms with Gasteiger partial charge in [0.25, 0.3) is 0 Å². The number of nitrogen functional groups attached to an aromatic ring is 1. The molecule has 0 aliphatic heterocycles. The van der Waals surface area contributed by atoms with Crippen LogP contribution in [0.1, 0.15) is 5.56 Å². The van der Waals surface area contributed by atoms with Crippen molar-refractivity contribution in [3.8, 4) is 5.75 Å². The number of rotatable bonds is 1. The molecule has 12 heteroatoms. The summed E-state index contributed by atoms with van der Waals surface area (Å²) in [6, 6.07) is 6.81. The third-order valence-corrected chi connectivity index (χ3v) is 3.54. The zero-order valence-electron chi connectivity index (χ0n) is 12.5. The van der Waals surface area contributed by atoms with Gasteiger partial charge in [-0.15, -0.1) is 18.0 Å². The first kappa shape index (κ1) is 25.1. The molecule has 0 saturated carbocycles. The number of anilines is 1. The number of hydrogen-bond donors (Lipinski definition) is 2. The van der Waals surface area contributed by atoms with Crippen molar-refractivity contribution in [2.45, 2.75) is 11.8 Å². The van der Waals surface area contributed by atoms with Crippen molar-refractivity contribution in [2.24, 2.45) is 0 Å². The molecule has 0 unspecified atom stereocenters. The minimum atomic E-state index is -4.63. The summed E-state index contributed by atoms with van der Waals surface area (Å²) in [5.74, 6) is -0.288. The second-order valence-electron chi connectivity index (χ2n) is 3.88. The van der Waals surface area contributed by atoms with E-state index in [0.29, 0.717) is 10.8 Å². The number of benzene rings is 2. The molecule has 114 valence electrons. The maximum Gasteiger partial charge on any atom is 1.00 e. The van der Waals surface area contributed by atoms with Crippen molar-refractivity contribution >= 4 is 37.2 Å². The summed E-state index contributed by atoms with van der Waals surface area (Å²) in [6.45, 7) is 1.36. The van der Waals surface area contributed by atoms with Crippen LogP contribution in [0.5, 0.6) is 5.75 Å². The molecular weight excluding hydrogens is 368 g/mol. The van der Waals surface area contributed by atoms with Gasteiger partial charge in [-0.2, -0.15) is 18.2 Å². The molecule has 2 aromatic rings. The summed E-state index contributed by atoms with van der Waals surface area (Å²) in [6.07, 6.45) is 0. The predicted octanol–water partition coefficient (Wildman–Crippen LogP) is -5.86. The molecule has 0 aliphatic rings. The average Bonchev–Trinajstić information content (AvgIpc) is 2.31. The van der Waals surface area contributed by atoms with Gasteiger partial charge >= 0.3 is 69.7 Å². The molecule has 0 atom stereocenters. The molecule has 0 amide bonds.